The van der Waals surface area contributed by atoms with Crippen LogP contribution >= 0.6 is 6.19 Å². The molecule has 0 heterocycles. The van der Waals surface area contributed by atoms with E-state index in [2.05, 4.69) is 32.4 Å². The van der Waals surface area contributed by atoms with Crippen molar-refractivity contribution in [2.75, 3.05) is 25.4 Å². The maximum Gasteiger partial charge on any atom is 0.0150 e. The smallest absolute Gasteiger partial charge is 0.0150 e. The van der Waals surface area contributed by atoms with Crippen LogP contribution in [0, 0.1) is 0 Å². The third kappa shape index (κ3) is 5.47. The van der Waals surface area contributed by atoms with Crippen molar-refractivity contribution < 1.29 is 0 Å². The summed E-state index contributed by atoms with van der Waals surface area (Å²) >= 11 is 5.99. The van der Waals surface area contributed by atoms with E-state index >= 15 is 0 Å². The molecule has 0 aliphatic carbocycles. The molecule has 0 amide bonds. The number of nitrogens with zero attached hydrogens (tertiary/aromatic N) is 1. The predicted molar refractivity (Wildman–Crippen MR) is 76.8 cm³/mol. The molecule has 0 spiro atoms. The Hall–Kier alpha value is 0.610. The van der Waals surface area contributed by atoms with Gasteiger partial charge in [-0.05, 0) is 38.3 Å². The van der Waals surface area contributed by atoms with Crippen LogP contribution in [-0.4, -0.2) is 30.1 Å². The van der Waals surface area contributed by atoms with Gasteiger partial charge in [0.25, 0.3) is 0 Å². The Morgan fingerprint density at radius 3 is 1.53 bits per heavy atom. The first-order valence-corrected chi connectivity index (χ1v) is 9.60. The molecule has 3 heteroatoms. The van der Waals surface area contributed by atoms with Gasteiger partial charge in [-0.2, -0.15) is 0 Å². The minimum absolute atomic E-state index is 1.14. The third-order valence-electron chi connectivity index (χ3n) is 2.97. The molecule has 1 nitrogen and oxygen atoms in total. The highest BCUT2D eigenvalue weighted by Crippen LogP contribution is 2.51. The lowest BCUT2D eigenvalue weighted by Crippen LogP contribution is -2.23. The Bertz CT molecular complexity index is 178. The highest BCUT2D eigenvalue weighted by Gasteiger charge is 2.21. The molecule has 0 N–H and O–H groups in total. The lowest BCUT2D eigenvalue weighted by molar-refractivity contribution is 0.501. The predicted octanol–water partition coefficient (Wildman–Crippen LogP) is 4.32. The molecule has 0 bridgehead atoms. The first-order chi connectivity index (χ1) is 7.14. The fourth-order valence-electron chi connectivity index (χ4n) is 1.94. The van der Waals surface area contributed by atoms with Crippen molar-refractivity contribution in [3.8, 4) is 0 Å². The van der Waals surface area contributed by atoms with Gasteiger partial charge >= 0.3 is 0 Å². The molecule has 0 aromatic heterocycles. The first-order valence-electron chi connectivity index (χ1n) is 6.48. The van der Waals surface area contributed by atoms with Crippen molar-refractivity contribution in [2.24, 2.45) is 0 Å². The van der Waals surface area contributed by atoms with Gasteiger partial charge in [0.05, 0.1) is 0 Å². The minimum Gasteiger partial charge on any atom is -0.275 e. The summed E-state index contributed by atoms with van der Waals surface area (Å²) in [5, 5.41) is 0. The summed E-state index contributed by atoms with van der Waals surface area (Å²) in [6, 6.07) is 0. The quantitative estimate of drug-likeness (QED) is 0.560. The number of unbranched alkanes of at least 4 members (excludes halogenated alkanes) is 2. The lowest BCUT2D eigenvalue weighted by Gasteiger charge is -2.34. The van der Waals surface area contributed by atoms with Gasteiger partial charge in [0.15, 0.2) is 0 Å². The van der Waals surface area contributed by atoms with Crippen LogP contribution in [0.15, 0.2) is 0 Å². The maximum absolute atomic E-state index is 5.99. The fourth-order valence-corrected chi connectivity index (χ4v) is 6.85. The molecule has 0 fully saturated rings. The Labute approximate surface area is 102 Å². The molecule has 0 aromatic rings. The second kappa shape index (κ2) is 8.73. The summed E-state index contributed by atoms with van der Waals surface area (Å²) in [4.78, 5) is 0. The molecule has 0 unspecified atom stereocenters. The van der Waals surface area contributed by atoms with Gasteiger partial charge in [-0.3, -0.25) is 4.67 Å². The standard InChI is InChI=1S/C12H28NPS/c1-5-9-11-14(15,12-10-6-2)13(7-3)8-4/h5-12H2,1-4H3. The van der Waals surface area contributed by atoms with Gasteiger partial charge in [0.1, 0.15) is 0 Å². The molecule has 0 radical (unpaired) electrons. The van der Waals surface area contributed by atoms with Gasteiger partial charge in [-0.1, -0.05) is 52.3 Å². The normalized spacial score (nSPS) is 12.3. The summed E-state index contributed by atoms with van der Waals surface area (Å²) in [5.41, 5.74) is 0. The maximum atomic E-state index is 5.99. The van der Waals surface area contributed by atoms with Crippen molar-refractivity contribution in [2.45, 2.75) is 53.4 Å². The summed E-state index contributed by atoms with van der Waals surface area (Å²) in [6.07, 6.45) is 6.59. The molecule has 0 atom stereocenters. The van der Waals surface area contributed by atoms with E-state index in [9.17, 15) is 0 Å². The van der Waals surface area contributed by atoms with Gasteiger partial charge < -0.3 is 0 Å². The SMILES string of the molecule is CCCCP(=S)(CCCC)N(CC)CC. The van der Waals surface area contributed by atoms with Crippen molar-refractivity contribution >= 4 is 18.0 Å². The average Bonchev–Trinajstić information content (AvgIpc) is 2.25. The van der Waals surface area contributed by atoms with E-state index in [0.29, 0.717) is 0 Å². The summed E-state index contributed by atoms with van der Waals surface area (Å²) in [7, 11) is 0. The van der Waals surface area contributed by atoms with Crippen LogP contribution in [0.4, 0.5) is 0 Å². The zero-order chi connectivity index (χ0) is 11.7. The molecular weight excluding hydrogens is 221 g/mol. The molecular formula is C12H28NPS. The Balaban J connectivity index is 4.44. The largest absolute Gasteiger partial charge is 0.275 e. The molecule has 0 saturated carbocycles. The van der Waals surface area contributed by atoms with E-state index in [1.807, 2.05) is 0 Å². The van der Waals surface area contributed by atoms with Gasteiger partial charge in [0.2, 0.25) is 0 Å². The Morgan fingerprint density at radius 1 is 0.867 bits per heavy atom. The summed E-state index contributed by atoms with van der Waals surface area (Å²) < 4.78 is 2.58. The van der Waals surface area contributed by atoms with Gasteiger partial charge in [-0.15, -0.1) is 0 Å². The van der Waals surface area contributed by atoms with Crippen LogP contribution < -0.4 is 0 Å². The third-order valence-corrected chi connectivity index (χ3v) is 8.38. The number of rotatable bonds is 9. The van der Waals surface area contributed by atoms with Crippen molar-refractivity contribution in [3.63, 3.8) is 0 Å². The van der Waals surface area contributed by atoms with Crippen LogP contribution in [0.2, 0.25) is 0 Å². The Morgan fingerprint density at radius 2 is 1.27 bits per heavy atom. The van der Waals surface area contributed by atoms with E-state index in [1.165, 1.54) is 38.0 Å². The molecule has 92 valence electrons. The zero-order valence-corrected chi connectivity index (χ0v) is 12.7. The van der Waals surface area contributed by atoms with Crippen LogP contribution in [0.5, 0.6) is 0 Å². The molecule has 15 heavy (non-hydrogen) atoms. The first kappa shape index (κ1) is 15.6. The van der Waals surface area contributed by atoms with Crippen molar-refractivity contribution in [1.82, 2.24) is 4.67 Å². The fraction of sp³-hybridized carbons (Fsp3) is 1.00. The summed E-state index contributed by atoms with van der Waals surface area (Å²) in [6.45, 7) is 11.3. The number of hydrogen-bond acceptors (Lipinski definition) is 1. The summed E-state index contributed by atoms with van der Waals surface area (Å²) in [5.74, 6) is 0. The van der Waals surface area contributed by atoms with E-state index in [0.717, 1.165) is 13.1 Å². The number of hydrogen-bond donors (Lipinski definition) is 0. The van der Waals surface area contributed by atoms with Gasteiger partial charge in [-0.25, -0.2) is 0 Å². The molecule has 0 saturated heterocycles. The van der Waals surface area contributed by atoms with Gasteiger partial charge in [0, 0.05) is 6.19 Å². The van der Waals surface area contributed by atoms with E-state index in [1.54, 1.807) is 0 Å². The topological polar surface area (TPSA) is 3.24 Å². The van der Waals surface area contributed by atoms with Crippen LogP contribution in [0.3, 0.4) is 0 Å². The molecule has 0 rings (SSSR count). The monoisotopic (exact) mass is 249 g/mol. The highest BCUT2D eigenvalue weighted by atomic mass is 32.4. The van der Waals surface area contributed by atoms with Crippen molar-refractivity contribution in [1.29, 1.82) is 0 Å². The highest BCUT2D eigenvalue weighted by molar-refractivity contribution is 8.13. The van der Waals surface area contributed by atoms with Crippen LogP contribution in [-0.2, 0) is 11.8 Å². The Kier molecular flexibility index (Phi) is 9.08. The molecule has 0 aromatic carbocycles. The van der Waals surface area contributed by atoms with Crippen molar-refractivity contribution in [3.05, 3.63) is 0 Å². The average molecular weight is 249 g/mol. The van der Waals surface area contributed by atoms with E-state index in [4.69, 9.17) is 11.8 Å². The van der Waals surface area contributed by atoms with Crippen LogP contribution in [0.1, 0.15) is 53.4 Å². The minimum atomic E-state index is -1.20. The molecule has 0 aliphatic rings. The zero-order valence-electron chi connectivity index (χ0n) is 11.0. The second-order valence-corrected chi connectivity index (χ2v) is 9.33. The lowest BCUT2D eigenvalue weighted by atomic mass is 10.4. The molecule has 0 aliphatic heterocycles. The van der Waals surface area contributed by atoms with E-state index in [-0.39, 0.29) is 0 Å². The van der Waals surface area contributed by atoms with E-state index < -0.39 is 6.19 Å². The second-order valence-electron chi connectivity index (χ2n) is 4.14. The van der Waals surface area contributed by atoms with Crippen LogP contribution in [0.25, 0.3) is 0 Å².